The molecule has 0 unspecified atom stereocenters. The number of ether oxygens (including phenoxy) is 3. The van der Waals surface area contributed by atoms with Gasteiger partial charge < -0.3 is 24.4 Å². The van der Waals surface area contributed by atoms with Crippen molar-refractivity contribution in [3.8, 4) is 11.5 Å². The minimum Gasteiger partial charge on any atom is -0.494 e. The Bertz CT molecular complexity index is 1420. The molecule has 11 nitrogen and oxygen atoms in total. The number of benzene rings is 3. The molecule has 3 amide bonds. The average molecular weight is 573 g/mol. The van der Waals surface area contributed by atoms with Gasteiger partial charge in [-0.3, -0.25) is 14.4 Å². The van der Waals surface area contributed by atoms with Crippen molar-refractivity contribution in [3.63, 3.8) is 0 Å². The quantitative estimate of drug-likeness (QED) is 0.0946. The predicted molar refractivity (Wildman–Crippen MR) is 156 cm³/mol. The molecule has 0 aliphatic carbocycles. The molecule has 0 aromatic heterocycles. The van der Waals surface area contributed by atoms with Crippen molar-refractivity contribution >= 4 is 35.6 Å². The van der Waals surface area contributed by atoms with Crippen LogP contribution in [0.15, 0.2) is 77.9 Å². The first kappa shape index (κ1) is 29.9. The highest BCUT2D eigenvalue weighted by molar-refractivity contribution is 6.40. The maximum Gasteiger partial charge on any atom is 0.343 e. The van der Waals surface area contributed by atoms with Crippen LogP contribution in [0.1, 0.15) is 46.0 Å². The summed E-state index contributed by atoms with van der Waals surface area (Å²) in [6, 6.07) is 19.6. The van der Waals surface area contributed by atoms with E-state index in [1.54, 1.807) is 77.7 Å². The number of nitrogens with one attached hydrogen (secondary N) is 2. The number of nitrogens with zero attached hydrogens (tertiary/aromatic N) is 2. The zero-order valence-corrected chi connectivity index (χ0v) is 23.2. The highest BCUT2D eigenvalue weighted by atomic mass is 16.5. The molecule has 11 heteroatoms. The van der Waals surface area contributed by atoms with E-state index in [4.69, 9.17) is 14.2 Å². The fourth-order valence-electron chi connectivity index (χ4n) is 3.92. The summed E-state index contributed by atoms with van der Waals surface area (Å²) in [4.78, 5) is 51.7. The van der Waals surface area contributed by atoms with Crippen LogP contribution in [0.25, 0.3) is 0 Å². The molecule has 4 rings (SSSR count). The van der Waals surface area contributed by atoms with Gasteiger partial charge in [0.1, 0.15) is 11.5 Å². The summed E-state index contributed by atoms with van der Waals surface area (Å²) in [5.74, 6) is -1.73. The number of para-hydroxylation sites is 1. The fourth-order valence-corrected chi connectivity index (χ4v) is 3.92. The highest BCUT2D eigenvalue weighted by Gasteiger charge is 2.23. The number of carbonyl (C=O) groups excluding carboxylic acids is 4. The Morgan fingerprint density at radius 2 is 1.60 bits per heavy atom. The average Bonchev–Trinajstić information content (AvgIpc) is 3.02. The summed E-state index contributed by atoms with van der Waals surface area (Å²) < 4.78 is 16.3. The molecule has 1 heterocycles. The summed E-state index contributed by atoms with van der Waals surface area (Å²) in [5.41, 5.74) is 3.64. The van der Waals surface area contributed by atoms with Gasteiger partial charge in [0.25, 0.3) is 5.91 Å². The lowest BCUT2D eigenvalue weighted by atomic mass is 10.1. The number of esters is 1. The molecule has 1 saturated heterocycles. The second-order valence-electron chi connectivity index (χ2n) is 9.29. The van der Waals surface area contributed by atoms with Gasteiger partial charge in [0.15, 0.2) is 0 Å². The number of hydrogen-bond acceptors (Lipinski definition) is 8. The molecule has 0 radical (unpaired) electrons. The van der Waals surface area contributed by atoms with Crippen LogP contribution in [0.3, 0.4) is 0 Å². The van der Waals surface area contributed by atoms with E-state index in [1.165, 1.54) is 6.21 Å². The van der Waals surface area contributed by atoms with Crippen molar-refractivity contribution in [2.24, 2.45) is 5.10 Å². The maximum atomic E-state index is 12.9. The molecule has 42 heavy (non-hydrogen) atoms. The van der Waals surface area contributed by atoms with Gasteiger partial charge in [-0.05, 0) is 72.6 Å². The van der Waals surface area contributed by atoms with Crippen LogP contribution in [0.5, 0.6) is 11.5 Å². The topological polar surface area (TPSA) is 136 Å². The molecular formula is C31H32N4O7. The zero-order chi connectivity index (χ0) is 29.7. The van der Waals surface area contributed by atoms with Crippen LogP contribution >= 0.6 is 0 Å². The minimum absolute atomic E-state index is 0.222. The molecule has 2 N–H and O–H groups in total. The lowest BCUT2D eigenvalue weighted by molar-refractivity contribution is -0.136. The van der Waals surface area contributed by atoms with Crippen molar-refractivity contribution in [2.45, 2.75) is 19.8 Å². The number of hydrazone groups is 1. The molecule has 3 aromatic rings. The molecule has 0 saturated carbocycles. The van der Waals surface area contributed by atoms with Crippen LogP contribution in [-0.2, 0) is 14.3 Å². The molecule has 1 aliphatic rings. The normalized spacial score (nSPS) is 12.9. The smallest absolute Gasteiger partial charge is 0.343 e. The zero-order valence-electron chi connectivity index (χ0n) is 23.2. The van der Waals surface area contributed by atoms with Gasteiger partial charge in [0.2, 0.25) is 0 Å². The van der Waals surface area contributed by atoms with Gasteiger partial charge in [0.05, 0.1) is 42.8 Å². The van der Waals surface area contributed by atoms with Crippen molar-refractivity contribution in [1.82, 2.24) is 10.3 Å². The molecule has 218 valence electrons. The number of carbonyl (C=O) groups is 4. The standard InChI is InChI=1S/C31H32N4O7/c1-2-3-18-41-24-14-10-23(11-15-24)31(39)42-25-12-8-22(9-13-25)21-32-34-29(37)28(36)33-27-7-5-4-6-26(27)30(38)35-16-19-40-20-17-35/h4-15,21H,2-3,16-20H2,1H3,(H,33,36)(H,34,37)/b32-21+. The molecular weight excluding hydrogens is 540 g/mol. The van der Waals surface area contributed by atoms with Crippen LogP contribution in [0.4, 0.5) is 5.69 Å². The van der Waals surface area contributed by atoms with E-state index in [0.29, 0.717) is 55.5 Å². The van der Waals surface area contributed by atoms with Crippen LogP contribution in [-0.4, -0.2) is 67.7 Å². The number of rotatable bonds is 10. The minimum atomic E-state index is -1.01. The Balaban J connectivity index is 1.26. The van der Waals surface area contributed by atoms with Crippen molar-refractivity contribution in [2.75, 3.05) is 38.2 Å². The first-order valence-corrected chi connectivity index (χ1v) is 13.6. The number of morpholine rings is 1. The van der Waals surface area contributed by atoms with Crippen LogP contribution < -0.4 is 20.2 Å². The summed E-state index contributed by atoms with van der Waals surface area (Å²) in [7, 11) is 0. The summed E-state index contributed by atoms with van der Waals surface area (Å²) >= 11 is 0. The Labute approximate surface area is 243 Å². The van der Waals surface area contributed by atoms with E-state index in [-0.39, 0.29) is 17.2 Å². The second kappa shape index (κ2) is 15.1. The number of amides is 3. The Morgan fingerprint density at radius 3 is 2.31 bits per heavy atom. The fraction of sp³-hybridized carbons (Fsp3) is 0.258. The Kier molecular flexibility index (Phi) is 10.8. The van der Waals surface area contributed by atoms with Crippen LogP contribution in [0.2, 0.25) is 0 Å². The van der Waals surface area contributed by atoms with E-state index in [9.17, 15) is 19.2 Å². The van der Waals surface area contributed by atoms with Crippen LogP contribution in [0, 0.1) is 0 Å². The largest absolute Gasteiger partial charge is 0.494 e. The molecule has 0 spiro atoms. The van der Waals surface area contributed by atoms with Crippen molar-refractivity contribution in [1.29, 1.82) is 0 Å². The number of unbranched alkanes of at least 4 members (excludes halogenated alkanes) is 1. The first-order chi connectivity index (χ1) is 20.4. The van der Waals surface area contributed by atoms with E-state index in [2.05, 4.69) is 22.8 Å². The lowest BCUT2D eigenvalue weighted by Gasteiger charge is -2.27. The van der Waals surface area contributed by atoms with Gasteiger partial charge in [-0.2, -0.15) is 5.10 Å². The molecule has 3 aromatic carbocycles. The van der Waals surface area contributed by atoms with Gasteiger partial charge >= 0.3 is 17.8 Å². The first-order valence-electron chi connectivity index (χ1n) is 13.6. The third-order valence-electron chi connectivity index (χ3n) is 6.24. The Morgan fingerprint density at radius 1 is 0.905 bits per heavy atom. The lowest BCUT2D eigenvalue weighted by Crippen LogP contribution is -2.41. The van der Waals surface area contributed by atoms with Gasteiger partial charge in [-0.15, -0.1) is 0 Å². The van der Waals surface area contributed by atoms with Crippen molar-refractivity contribution in [3.05, 3.63) is 89.5 Å². The van der Waals surface area contributed by atoms with E-state index in [0.717, 1.165) is 12.8 Å². The predicted octanol–water partition coefficient (Wildman–Crippen LogP) is 3.65. The summed E-state index contributed by atoms with van der Waals surface area (Å²) in [5, 5.41) is 6.29. The molecule has 0 atom stereocenters. The SMILES string of the molecule is CCCCOc1ccc(C(=O)Oc2ccc(/C=N/NC(=O)C(=O)Nc3ccccc3C(=O)N3CCOCC3)cc2)cc1. The second-order valence-corrected chi connectivity index (χ2v) is 9.29. The maximum absolute atomic E-state index is 12.9. The van der Waals surface area contributed by atoms with E-state index in [1.807, 2.05) is 0 Å². The summed E-state index contributed by atoms with van der Waals surface area (Å²) in [6.07, 6.45) is 3.33. The van der Waals surface area contributed by atoms with Gasteiger partial charge in [0, 0.05) is 13.1 Å². The van der Waals surface area contributed by atoms with Gasteiger partial charge in [-0.25, -0.2) is 10.2 Å². The van der Waals surface area contributed by atoms with E-state index < -0.39 is 17.8 Å². The number of hydrogen-bond donors (Lipinski definition) is 2. The Hall–Kier alpha value is -5.03. The third-order valence-corrected chi connectivity index (χ3v) is 6.24. The van der Waals surface area contributed by atoms with Gasteiger partial charge in [-0.1, -0.05) is 25.5 Å². The highest BCUT2D eigenvalue weighted by Crippen LogP contribution is 2.19. The molecule has 1 fully saturated rings. The summed E-state index contributed by atoms with van der Waals surface area (Å²) in [6.45, 7) is 4.49. The number of anilines is 1. The van der Waals surface area contributed by atoms with E-state index >= 15 is 0 Å². The molecule has 0 bridgehead atoms. The third kappa shape index (κ3) is 8.48. The van der Waals surface area contributed by atoms with Crippen molar-refractivity contribution < 1.29 is 33.4 Å². The molecule has 1 aliphatic heterocycles. The monoisotopic (exact) mass is 572 g/mol.